The summed E-state index contributed by atoms with van der Waals surface area (Å²) in [5, 5.41) is 9.76. The largest absolute Gasteiger partial charge is 0.393 e. The van der Waals surface area contributed by atoms with Crippen LogP contribution in [0.4, 0.5) is 0 Å². The predicted molar refractivity (Wildman–Crippen MR) is 52.0 cm³/mol. The summed E-state index contributed by atoms with van der Waals surface area (Å²) in [7, 11) is 0. The van der Waals surface area contributed by atoms with Crippen LogP contribution in [0, 0.1) is 5.92 Å². The quantitative estimate of drug-likeness (QED) is 0.496. The van der Waals surface area contributed by atoms with Crippen molar-refractivity contribution >= 4 is 0 Å². The first-order valence-electron chi connectivity index (χ1n) is 5.02. The molecule has 0 radical (unpaired) electrons. The maximum atomic E-state index is 9.76. The molecule has 0 aromatic rings. The third-order valence-corrected chi connectivity index (χ3v) is 2.73. The third kappa shape index (κ3) is 2.98. The highest BCUT2D eigenvalue weighted by Crippen LogP contribution is 2.27. The van der Waals surface area contributed by atoms with Crippen LogP contribution >= 0.6 is 0 Å². The molecule has 0 spiro atoms. The average molecular weight is 168 g/mol. The van der Waals surface area contributed by atoms with Crippen molar-refractivity contribution < 1.29 is 5.11 Å². The van der Waals surface area contributed by atoms with Crippen LogP contribution in [0.15, 0.2) is 12.2 Å². The summed E-state index contributed by atoms with van der Waals surface area (Å²) in [6, 6.07) is 0. The zero-order chi connectivity index (χ0) is 8.97. The zero-order valence-electron chi connectivity index (χ0n) is 8.05. The van der Waals surface area contributed by atoms with Gasteiger partial charge in [0.25, 0.3) is 0 Å². The molecule has 0 aromatic carbocycles. The van der Waals surface area contributed by atoms with E-state index in [1.165, 1.54) is 31.3 Å². The van der Waals surface area contributed by atoms with Crippen LogP contribution in [0.1, 0.15) is 45.4 Å². The Morgan fingerprint density at radius 2 is 2.00 bits per heavy atom. The van der Waals surface area contributed by atoms with Crippen molar-refractivity contribution in [2.24, 2.45) is 5.92 Å². The summed E-state index contributed by atoms with van der Waals surface area (Å²) in [5.41, 5.74) is 1.21. The number of aliphatic hydroxyl groups excluding tert-OH is 1. The Morgan fingerprint density at radius 1 is 1.33 bits per heavy atom. The Kier molecular flexibility index (Phi) is 3.80. The third-order valence-electron chi connectivity index (χ3n) is 2.73. The smallest absolute Gasteiger partial charge is 0.0571 e. The van der Waals surface area contributed by atoms with Gasteiger partial charge in [-0.3, -0.25) is 0 Å². The molecular weight excluding hydrogens is 148 g/mol. The highest BCUT2D eigenvalue weighted by Gasteiger charge is 2.20. The lowest BCUT2D eigenvalue weighted by molar-refractivity contribution is 0.101. The molecule has 1 N–H and O–H groups in total. The van der Waals surface area contributed by atoms with Gasteiger partial charge in [0.05, 0.1) is 6.10 Å². The molecule has 0 heterocycles. The highest BCUT2D eigenvalue weighted by atomic mass is 16.3. The Labute approximate surface area is 75.5 Å². The molecule has 2 unspecified atom stereocenters. The van der Waals surface area contributed by atoms with Crippen LogP contribution < -0.4 is 0 Å². The van der Waals surface area contributed by atoms with Crippen molar-refractivity contribution in [2.75, 3.05) is 0 Å². The molecule has 1 nitrogen and oxygen atoms in total. The topological polar surface area (TPSA) is 20.2 Å². The van der Waals surface area contributed by atoms with E-state index >= 15 is 0 Å². The molecule has 70 valence electrons. The lowest BCUT2D eigenvalue weighted by atomic mass is 9.91. The first kappa shape index (κ1) is 9.79. The van der Waals surface area contributed by atoms with Crippen molar-refractivity contribution in [3.05, 3.63) is 12.2 Å². The maximum absolute atomic E-state index is 9.76. The van der Waals surface area contributed by atoms with E-state index in [0.29, 0.717) is 5.92 Å². The SMILES string of the molecule is C=C(C)CC1CCCCCC1O. The standard InChI is InChI=1S/C11H20O/c1-9(2)8-10-6-4-3-5-7-11(10)12/h10-12H,1,3-8H2,2H3. The van der Waals surface area contributed by atoms with Gasteiger partial charge in [0, 0.05) is 0 Å². The molecule has 1 aliphatic rings. The van der Waals surface area contributed by atoms with E-state index in [4.69, 9.17) is 0 Å². The monoisotopic (exact) mass is 168 g/mol. The molecule has 0 bridgehead atoms. The van der Waals surface area contributed by atoms with Crippen LogP contribution in [0.25, 0.3) is 0 Å². The Morgan fingerprint density at radius 3 is 2.67 bits per heavy atom. The van der Waals surface area contributed by atoms with Crippen molar-refractivity contribution in [3.63, 3.8) is 0 Å². The van der Waals surface area contributed by atoms with Gasteiger partial charge in [0.2, 0.25) is 0 Å². The second kappa shape index (κ2) is 4.66. The van der Waals surface area contributed by atoms with Crippen molar-refractivity contribution in [1.82, 2.24) is 0 Å². The van der Waals surface area contributed by atoms with Crippen LogP contribution in [0.2, 0.25) is 0 Å². The number of rotatable bonds is 2. The van der Waals surface area contributed by atoms with Gasteiger partial charge < -0.3 is 5.11 Å². The summed E-state index contributed by atoms with van der Waals surface area (Å²) < 4.78 is 0. The van der Waals surface area contributed by atoms with Crippen molar-refractivity contribution in [1.29, 1.82) is 0 Å². The summed E-state index contributed by atoms with van der Waals surface area (Å²) in [6.45, 7) is 5.96. The lowest BCUT2D eigenvalue weighted by Crippen LogP contribution is -2.18. The Balaban J connectivity index is 2.41. The first-order valence-corrected chi connectivity index (χ1v) is 5.02. The second-order valence-corrected chi connectivity index (χ2v) is 4.13. The fraction of sp³-hybridized carbons (Fsp3) is 0.818. The molecule has 1 saturated carbocycles. The fourth-order valence-electron chi connectivity index (χ4n) is 2.05. The minimum Gasteiger partial charge on any atom is -0.393 e. The van der Waals surface area contributed by atoms with Crippen molar-refractivity contribution in [2.45, 2.75) is 51.6 Å². The molecule has 1 heteroatoms. The number of aliphatic hydroxyl groups is 1. The first-order chi connectivity index (χ1) is 5.70. The zero-order valence-corrected chi connectivity index (χ0v) is 8.05. The normalized spacial score (nSPS) is 31.2. The molecule has 0 aromatic heterocycles. The second-order valence-electron chi connectivity index (χ2n) is 4.13. The van der Waals surface area contributed by atoms with Crippen LogP contribution in [-0.4, -0.2) is 11.2 Å². The molecule has 0 aliphatic heterocycles. The fourth-order valence-corrected chi connectivity index (χ4v) is 2.05. The van der Waals surface area contributed by atoms with Gasteiger partial charge in [0.15, 0.2) is 0 Å². The van der Waals surface area contributed by atoms with Gasteiger partial charge >= 0.3 is 0 Å². The van der Waals surface area contributed by atoms with Gasteiger partial charge in [-0.25, -0.2) is 0 Å². The van der Waals surface area contributed by atoms with E-state index < -0.39 is 0 Å². The predicted octanol–water partition coefficient (Wildman–Crippen LogP) is 2.89. The molecule has 0 amide bonds. The number of hydrogen-bond donors (Lipinski definition) is 1. The van der Waals surface area contributed by atoms with E-state index in [2.05, 4.69) is 13.5 Å². The number of allylic oxidation sites excluding steroid dienone is 1. The highest BCUT2D eigenvalue weighted by molar-refractivity contribution is 4.92. The van der Waals surface area contributed by atoms with E-state index in [9.17, 15) is 5.11 Å². The van der Waals surface area contributed by atoms with Gasteiger partial charge in [-0.2, -0.15) is 0 Å². The Hall–Kier alpha value is -0.300. The molecule has 1 fully saturated rings. The molecule has 0 saturated heterocycles. The summed E-state index contributed by atoms with van der Waals surface area (Å²) in [4.78, 5) is 0. The summed E-state index contributed by atoms with van der Waals surface area (Å²) in [6.07, 6.45) is 6.92. The minimum absolute atomic E-state index is 0.0656. The van der Waals surface area contributed by atoms with E-state index in [0.717, 1.165) is 12.8 Å². The van der Waals surface area contributed by atoms with Crippen LogP contribution in [0.3, 0.4) is 0 Å². The van der Waals surface area contributed by atoms with E-state index in [1.807, 2.05) is 0 Å². The molecule has 12 heavy (non-hydrogen) atoms. The summed E-state index contributed by atoms with van der Waals surface area (Å²) >= 11 is 0. The number of hydrogen-bond acceptors (Lipinski definition) is 1. The maximum Gasteiger partial charge on any atom is 0.0571 e. The van der Waals surface area contributed by atoms with Crippen LogP contribution in [0.5, 0.6) is 0 Å². The molecule has 1 aliphatic carbocycles. The van der Waals surface area contributed by atoms with Gasteiger partial charge in [-0.05, 0) is 32.1 Å². The summed E-state index contributed by atoms with van der Waals surface area (Å²) in [5.74, 6) is 0.491. The van der Waals surface area contributed by atoms with E-state index in [-0.39, 0.29) is 6.10 Å². The lowest BCUT2D eigenvalue weighted by Gasteiger charge is -2.19. The van der Waals surface area contributed by atoms with Gasteiger partial charge in [-0.1, -0.05) is 24.8 Å². The van der Waals surface area contributed by atoms with Gasteiger partial charge in [-0.15, -0.1) is 6.58 Å². The molecular formula is C11H20O. The molecule has 1 rings (SSSR count). The van der Waals surface area contributed by atoms with E-state index in [1.54, 1.807) is 0 Å². The average Bonchev–Trinajstić information content (AvgIpc) is 2.16. The Bertz CT molecular complexity index is 151. The van der Waals surface area contributed by atoms with Crippen molar-refractivity contribution in [3.8, 4) is 0 Å². The van der Waals surface area contributed by atoms with Crippen LogP contribution in [-0.2, 0) is 0 Å². The van der Waals surface area contributed by atoms with Gasteiger partial charge in [0.1, 0.15) is 0 Å². The molecule has 2 atom stereocenters. The minimum atomic E-state index is -0.0656.